The maximum atomic E-state index is 12.9. The summed E-state index contributed by atoms with van der Waals surface area (Å²) in [6, 6.07) is 18.9. The fraction of sp³-hybridized carbons (Fsp3) is 0.455. The molecular formula is C44H64N6O4S2+2. The predicted octanol–water partition coefficient (Wildman–Crippen LogP) is 6.37. The average Bonchev–Trinajstić information content (AvgIpc) is 3.15. The number of rotatable bonds is 18. The molecule has 0 fully saturated rings. The zero-order valence-corrected chi connectivity index (χ0v) is 37.0. The van der Waals surface area contributed by atoms with Crippen molar-refractivity contribution in [3.8, 4) is 0 Å². The normalized spacial score (nSPS) is 11.5. The van der Waals surface area contributed by atoms with Crippen LogP contribution in [-0.2, 0) is 0 Å². The average molecular weight is 805 g/mol. The van der Waals surface area contributed by atoms with Crippen molar-refractivity contribution < 1.29 is 28.1 Å². The van der Waals surface area contributed by atoms with Gasteiger partial charge in [0.15, 0.2) is 12.6 Å². The maximum Gasteiger partial charge on any atom is 0.254 e. The quantitative estimate of drug-likeness (QED) is 0.0692. The van der Waals surface area contributed by atoms with Crippen molar-refractivity contribution in [3.05, 3.63) is 82.9 Å². The van der Waals surface area contributed by atoms with Crippen molar-refractivity contribution in [1.29, 1.82) is 0 Å². The highest BCUT2D eigenvalue weighted by molar-refractivity contribution is 7.80. The van der Waals surface area contributed by atoms with Gasteiger partial charge in [-0.25, -0.2) is 0 Å². The molecule has 12 heteroatoms. The van der Waals surface area contributed by atoms with Crippen molar-refractivity contribution in [2.75, 3.05) is 131 Å². The van der Waals surface area contributed by atoms with Gasteiger partial charge in [0.1, 0.15) is 0 Å². The molecule has 0 saturated heterocycles. The maximum absolute atomic E-state index is 12.9. The van der Waals surface area contributed by atoms with Crippen LogP contribution in [0.1, 0.15) is 54.3 Å². The number of carbonyl (C=O) groups excluding carboxylic acids is 4. The Bertz CT molecular complexity index is 1830. The molecule has 0 saturated carbocycles. The Labute approximate surface area is 346 Å². The highest BCUT2D eigenvalue weighted by Crippen LogP contribution is 2.33. The fourth-order valence-corrected chi connectivity index (χ4v) is 7.38. The van der Waals surface area contributed by atoms with Crippen molar-refractivity contribution in [2.45, 2.75) is 12.8 Å². The van der Waals surface area contributed by atoms with E-state index >= 15 is 0 Å². The van der Waals surface area contributed by atoms with E-state index in [0.717, 1.165) is 93.5 Å². The number of quaternary nitrogens is 2. The molecule has 4 rings (SSSR count). The van der Waals surface area contributed by atoms with E-state index in [2.05, 4.69) is 91.4 Å². The summed E-state index contributed by atoms with van der Waals surface area (Å²) in [6.07, 6.45) is 3.78. The lowest BCUT2D eigenvalue weighted by atomic mass is 9.97. The number of carbonyl (C=O) groups is 4. The molecule has 0 heterocycles. The lowest BCUT2D eigenvalue weighted by Crippen LogP contribution is -2.37. The van der Waals surface area contributed by atoms with Crippen LogP contribution in [0.4, 0.5) is 11.4 Å². The van der Waals surface area contributed by atoms with Crippen LogP contribution >= 0.6 is 25.3 Å². The van der Waals surface area contributed by atoms with Crippen molar-refractivity contribution >= 4 is 82.6 Å². The molecule has 0 unspecified atom stereocenters. The minimum Gasteiger partial charge on any atom is -0.374 e. The molecule has 0 bridgehead atoms. The molecule has 0 spiro atoms. The number of thiol groups is 2. The Hall–Kier alpha value is -4.10. The summed E-state index contributed by atoms with van der Waals surface area (Å²) in [5.74, 6) is 1.00. The van der Waals surface area contributed by atoms with Gasteiger partial charge in [0.25, 0.3) is 11.8 Å². The van der Waals surface area contributed by atoms with Crippen LogP contribution < -0.4 is 9.80 Å². The van der Waals surface area contributed by atoms with Gasteiger partial charge < -0.3 is 28.6 Å². The summed E-state index contributed by atoms with van der Waals surface area (Å²) in [5, 5.41) is 3.32. The van der Waals surface area contributed by atoms with E-state index in [4.69, 9.17) is 0 Å². The molecule has 56 heavy (non-hydrogen) atoms. The number of nitrogens with zero attached hydrogens (tertiary/aromatic N) is 6. The zero-order valence-electron chi connectivity index (χ0n) is 35.2. The van der Waals surface area contributed by atoms with Gasteiger partial charge in [-0.05, 0) is 24.3 Å². The van der Waals surface area contributed by atoms with E-state index in [9.17, 15) is 19.2 Å². The molecule has 4 aromatic carbocycles. The van der Waals surface area contributed by atoms with Gasteiger partial charge in [-0.1, -0.05) is 36.4 Å². The minimum absolute atomic E-state index is 0.0902. The summed E-state index contributed by atoms with van der Waals surface area (Å²) in [7, 11) is 20.8. The topological polar surface area (TPSA) is 81.2 Å². The summed E-state index contributed by atoms with van der Waals surface area (Å²) in [5.41, 5.74) is 4.28. The van der Waals surface area contributed by atoms with Crippen molar-refractivity contribution in [1.82, 2.24) is 9.80 Å². The standard InChI is InChI=1S/2C22H31N3O2S/c2*1-23(12-7-14-25(3,4)5)20-11-10-19(22(27)24(2)13-15-28)21-17(16-26)8-6-9-18(20)21/h2*6,8-11,16H,7,12-15H2,1-5H3/p+2. The third kappa shape index (κ3) is 12.4. The first kappa shape index (κ1) is 46.3. The predicted molar refractivity (Wildman–Crippen MR) is 242 cm³/mol. The first-order chi connectivity index (χ1) is 26.4. The summed E-state index contributed by atoms with van der Waals surface area (Å²) in [6.45, 7) is 5.07. The van der Waals surface area contributed by atoms with Crippen molar-refractivity contribution in [2.24, 2.45) is 0 Å². The first-order valence-electron chi connectivity index (χ1n) is 19.2. The van der Waals surface area contributed by atoms with E-state index in [-0.39, 0.29) is 11.8 Å². The number of hydrogen-bond donors (Lipinski definition) is 2. The van der Waals surface area contributed by atoms with Gasteiger partial charge >= 0.3 is 0 Å². The van der Waals surface area contributed by atoms with Gasteiger partial charge in [0, 0.05) is 134 Å². The van der Waals surface area contributed by atoms with Gasteiger partial charge in [-0.15, -0.1) is 0 Å². The third-order valence-electron chi connectivity index (χ3n) is 9.85. The number of aldehydes is 2. The lowest BCUT2D eigenvalue weighted by molar-refractivity contribution is -0.870. The largest absolute Gasteiger partial charge is 0.374 e. The summed E-state index contributed by atoms with van der Waals surface area (Å²) >= 11 is 8.43. The van der Waals surface area contributed by atoms with E-state index in [1.54, 1.807) is 36.0 Å². The van der Waals surface area contributed by atoms with Crippen LogP contribution in [0, 0.1) is 0 Å². The molecule has 4 aromatic rings. The molecule has 10 nitrogen and oxygen atoms in total. The molecule has 0 radical (unpaired) electrons. The van der Waals surface area contributed by atoms with E-state index in [1.807, 2.05) is 48.5 Å². The summed E-state index contributed by atoms with van der Waals surface area (Å²) in [4.78, 5) is 57.0. The van der Waals surface area contributed by atoms with E-state index in [1.165, 1.54) is 0 Å². The van der Waals surface area contributed by atoms with Crippen molar-refractivity contribution in [3.63, 3.8) is 0 Å². The van der Waals surface area contributed by atoms with Crippen LogP contribution in [0.5, 0.6) is 0 Å². The molecule has 2 amide bonds. The second-order valence-electron chi connectivity index (χ2n) is 16.5. The smallest absolute Gasteiger partial charge is 0.254 e. The van der Waals surface area contributed by atoms with Crippen LogP contribution in [0.2, 0.25) is 0 Å². The molecule has 304 valence electrons. The third-order valence-corrected chi connectivity index (χ3v) is 10.2. The second kappa shape index (κ2) is 20.9. The highest BCUT2D eigenvalue weighted by atomic mass is 32.1. The van der Waals surface area contributed by atoms with Gasteiger partial charge in [-0.2, -0.15) is 25.3 Å². The zero-order chi connectivity index (χ0) is 41.8. The Kier molecular flexibility index (Phi) is 17.3. The second-order valence-corrected chi connectivity index (χ2v) is 17.4. The molecule has 0 aromatic heterocycles. The number of benzene rings is 4. The Morgan fingerprint density at radius 2 is 0.911 bits per heavy atom. The number of hydrogen-bond acceptors (Lipinski definition) is 8. The molecule has 0 aliphatic heterocycles. The monoisotopic (exact) mass is 804 g/mol. The highest BCUT2D eigenvalue weighted by Gasteiger charge is 2.21. The summed E-state index contributed by atoms with van der Waals surface area (Å²) < 4.78 is 1.85. The molecule has 0 atom stereocenters. The van der Waals surface area contributed by atoms with Gasteiger partial charge in [0.05, 0.1) is 55.4 Å². The fourth-order valence-electron chi connectivity index (χ4n) is 6.78. The van der Waals surface area contributed by atoms with Crippen LogP contribution in [0.3, 0.4) is 0 Å². The minimum atomic E-state index is -0.0902. The SMILES string of the molecule is CN(CCS)C(=O)c1ccc(N(C)CCC[N+](C)(C)C)c2cccc(C=O)c12.CN(CCS)C(=O)c1ccc(N(C)CCC[N+](C)(C)C)c2cccc(C=O)c12. The molecule has 0 aliphatic carbocycles. The Morgan fingerprint density at radius 3 is 1.21 bits per heavy atom. The van der Waals surface area contributed by atoms with Gasteiger partial charge in [0.2, 0.25) is 0 Å². The van der Waals surface area contributed by atoms with Crippen LogP contribution in [0.25, 0.3) is 21.5 Å². The van der Waals surface area contributed by atoms with E-state index < -0.39 is 0 Å². The Balaban J connectivity index is 0.000000300. The van der Waals surface area contributed by atoms with Crippen LogP contribution in [0.15, 0.2) is 60.7 Å². The number of anilines is 2. The molecular weight excluding hydrogens is 741 g/mol. The molecule has 0 N–H and O–H groups in total. The molecule has 0 aliphatic rings. The first-order valence-corrected chi connectivity index (χ1v) is 20.4. The lowest BCUT2D eigenvalue weighted by Gasteiger charge is -2.27. The number of amides is 2. The van der Waals surface area contributed by atoms with Gasteiger partial charge in [-0.3, -0.25) is 19.2 Å². The van der Waals surface area contributed by atoms with Crippen LogP contribution in [-0.4, -0.2) is 164 Å². The van der Waals surface area contributed by atoms with E-state index in [0.29, 0.717) is 46.8 Å². The Morgan fingerprint density at radius 1 is 0.554 bits per heavy atom. The number of fused-ring (bicyclic) bond motifs is 2.